The van der Waals surface area contributed by atoms with Crippen molar-refractivity contribution in [3.05, 3.63) is 0 Å². The van der Waals surface area contributed by atoms with Crippen molar-refractivity contribution in [2.75, 3.05) is 27.3 Å². The van der Waals surface area contributed by atoms with Gasteiger partial charge in [0.2, 0.25) is 5.91 Å². The highest BCUT2D eigenvalue weighted by Crippen LogP contribution is 2.29. The van der Waals surface area contributed by atoms with Gasteiger partial charge in [0, 0.05) is 26.6 Å². The second-order valence-corrected chi connectivity index (χ2v) is 5.68. The Balaban J connectivity index is 2.76. The molecule has 1 aliphatic heterocycles. The molecular formula is C15H30N2O4. The quantitative estimate of drug-likeness (QED) is 0.527. The number of nitrogens with one attached hydrogen (secondary N) is 1. The van der Waals surface area contributed by atoms with Gasteiger partial charge in [-0.15, -0.1) is 0 Å². The van der Waals surface area contributed by atoms with E-state index in [9.17, 15) is 15.0 Å². The van der Waals surface area contributed by atoms with Crippen molar-refractivity contribution in [2.45, 2.75) is 63.3 Å². The summed E-state index contributed by atoms with van der Waals surface area (Å²) in [5.41, 5.74) is 0. The number of aliphatic hydroxyl groups is 2. The van der Waals surface area contributed by atoms with Crippen LogP contribution in [0.15, 0.2) is 0 Å². The van der Waals surface area contributed by atoms with Gasteiger partial charge in [0.1, 0.15) is 6.10 Å². The lowest BCUT2D eigenvalue weighted by molar-refractivity contribution is -0.122. The smallest absolute Gasteiger partial charge is 0.221 e. The highest BCUT2D eigenvalue weighted by Gasteiger charge is 2.48. The monoisotopic (exact) mass is 302 g/mol. The molecule has 0 aromatic carbocycles. The summed E-state index contributed by atoms with van der Waals surface area (Å²) in [6.45, 7) is 2.80. The van der Waals surface area contributed by atoms with Crippen LogP contribution in [0.25, 0.3) is 0 Å². The van der Waals surface area contributed by atoms with Crippen molar-refractivity contribution < 1.29 is 19.7 Å². The number of likely N-dealkylation sites (tertiary alicyclic amines) is 1. The van der Waals surface area contributed by atoms with E-state index in [1.54, 1.807) is 14.2 Å². The number of carbonyl (C=O) groups excluding carboxylic acids is 1. The number of nitrogens with zero attached hydrogens (tertiary/aromatic N) is 1. The zero-order valence-corrected chi connectivity index (χ0v) is 13.4. The van der Waals surface area contributed by atoms with Crippen molar-refractivity contribution in [3.8, 4) is 0 Å². The van der Waals surface area contributed by atoms with Crippen LogP contribution in [0.5, 0.6) is 0 Å². The van der Waals surface area contributed by atoms with E-state index in [1.165, 1.54) is 6.42 Å². The molecule has 1 aliphatic rings. The molecule has 6 heteroatoms. The van der Waals surface area contributed by atoms with E-state index in [4.69, 9.17) is 4.74 Å². The van der Waals surface area contributed by atoms with Crippen molar-refractivity contribution >= 4 is 5.91 Å². The fourth-order valence-corrected chi connectivity index (χ4v) is 3.16. The lowest BCUT2D eigenvalue weighted by atomic mass is 10.1. The molecule has 0 aromatic rings. The number of carbonyl (C=O) groups is 1. The molecular weight excluding hydrogens is 272 g/mol. The maximum absolute atomic E-state index is 11.7. The summed E-state index contributed by atoms with van der Waals surface area (Å²) < 4.78 is 5.39. The van der Waals surface area contributed by atoms with Crippen molar-refractivity contribution in [2.24, 2.45) is 0 Å². The maximum atomic E-state index is 11.7. The number of unbranched alkanes of at least 4 members (excludes halogenated alkanes) is 3. The van der Waals surface area contributed by atoms with E-state index in [1.807, 2.05) is 4.90 Å². The molecule has 124 valence electrons. The van der Waals surface area contributed by atoms with Gasteiger partial charge in [-0.25, -0.2) is 0 Å². The Kier molecular flexibility index (Phi) is 8.18. The molecule has 1 rings (SSSR count). The molecule has 1 fully saturated rings. The average Bonchev–Trinajstić information content (AvgIpc) is 2.74. The second kappa shape index (κ2) is 9.35. The maximum Gasteiger partial charge on any atom is 0.221 e. The molecule has 0 aliphatic carbocycles. The van der Waals surface area contributed by atoms with Gasteiger partial charge in [-0.3, -0.25) is 9.69 Å². The lowest BCUT2D eigenvalue weighted by Gasteiger charge is -2.29. The molecule has 1 amide bonds. The second-order valence-electron chi connectivity index (χ2n) is 5.68. The van der Waals surface area contributed by atoms with Gasteiger partial charge >= 0.3 is 0 Å². The Morgan fingerprint density at radius 2 is 2.00 bits per heavy atom. The lowest BCUT2D eigenvalue weighted by Crippen LogP contribution is -2.44. The van der Waals surface area contributed by atoms with Crippen molar-refractivity contribution in [3.63, 3.8) is 0 Å². The van der Waals surface area contributed by atoms with E-state index in [0.29, 0.717) is 0 Å². The third kappa shape index (κ3) is 4.64. The van der Waals surface area contributed by atoms with Crippen LogP contribution in [0.1, 0.15) is 39.0 Å². The van der Waals surface area contributed by atoms with Crippen LogP contribution in [0.3, 0.4) is 0 Å². The molecule has 1 heterocycles. The third-order valence-corrected chi connectivity index (χ3v) is 4.36. The standard InChI is InChI=1S/C15H30N2O4/c1-4-5-6-7-8-17-11(9-13(19)16-2)15(21-3)14(20)12(17)10-18/h11-12,14-15,18,20H,4-10H2,1-3H3,(H,16,19)/t11-,12-,14-,15+/m1/s1. The van der Waals surface area contributed by atoms with E-state index < -0.39 is 12.2 Å². The molecule has 0 saturated carbocycles. The van der Waals surface area contributed by atoms with E-state index in [-0.39, 0.29) is 31.0 Å². The van der Waals surface area contributed by atoms with Gasteiger partial charge in [0.15, 0.2) is 0 Å². The Bertz CT molecular complexity index is 314. The van der Waals surface area contributed by atoms with Crippen LogP contribution in [0, 0.1) is 0 Å². The first kappa shape index (κ1) is 18.4. The predicted molar refractivity (Wildman–Crippen MR) is 81.0 cm³/mol. The zero-order valence-electron chi connectivity index (χ0n) is 13.4. The zero-order chi connectivity index (χ0) is 15.8. The Morgan fingerprint density at radius 3 is 2.52 bits per heavy atom. The van der Waals surface area contributed by atoms with Gasteiger partial charge in [-0.1, -0.05) is 26.2 Å². The fraction of sp³-hybridized carbons (Fsp3) is 0.933. The Hall–Kier alpha value is -0.690. The molecule has 0 bridgehead atoms. The number of aliphatic hydroxyl groups excluding tert-OH is 2. The van der Waals surface area contributed by atoms with Crippen LogP contribution in [0.2, 0.25) is 0 Å². The summed E-state index contributed by atoms with van der Waals surface area (Å²) in [5.74, 6) is -0.0774. The van der Waals surface area contributed by atoms with Gasteiger partial charge in [0.25, 0.3) is 0 Å². The highest BCUT2D eigenvalue weighted by molar-refractivity contribution is 5.76. The number of amides is 1. The SMILES string of the molecule is CCCCCCN1[C@H](CO)[C@@H](O)[C@@H](OC)[C@H]1CC(=O)NC. The number of hydrogen-bond donors (Lipinski definition) is 3. The van der Waals surface area contributed by atoms with Crippen molar-refractivity contribution in [1.29, 1.82) is 0 Å². The first-order valence-electron chi connectivity index (χ1n) is 7.88. The fourth-order valence-electron chi connectivity index (χ4n) is 3.16. The topological polar surface area (TPSA) is 82.0 Å². The number of rotatable bonds is 9. The van der Waals surface area contributed by atoms with Gasteiger partial charge in [-0.05, 0) is 13.0 Å². The van der Waals surface area contributed by atoms with Gasteiger partial charge < -0.3 is 20.3 Å². The summed E-state index contributed by atoms with van der Waals surface area (Å²) in [7, 11) is 3.14. The molecule has 1 saturated heterocycles. The summed E-state index contributed by atoms with van der Waals surface area (Å²) in [6.07, 6.45) is 3.52. The molecule has 0 spiro atoms. The van der Waals surface area contributed by atoms with E-state index in [2.05, 4.69) is 12.2 Å². The molecule has 3 N–H and O–H groups in total. The molecule has 0 aromatic heterocycles. The minimum absolute atomic E-state index is 0.0774. The summed E-state index contributed by atoms with van der Waals surface area (Å²) in [4.78, 5) is 13.8. The summed E-state index contributed by atoms with van der Waals surface area (Å²) in [6, 6.07) is -0.546. The Morgan fingerprint density at radius 1 is 1.29 bits per heavy atom. The molecule has 4 atom stereocenters. The summed E-state index contributed by atoms with van der Waals surface area (Å²) in [5, 5.41) is 22.5. The minimum atomic E-state index is -0.763. The first-order valence-corrected chi connectivity index (χ1v) is 7.88. The van der Waals surface area contributed by atoms with Crippen LogP contribution in [0.4, 0.5) is 0 Å². The van der Waals surface area contributed by atoms with Crippen LogP contribution in [-0.4, -0.2) is 72.6 Å². The number of methoxy groups -OCH3 is 1. The summed E-state index contributed by atoms with van der Waals surface area (Å²) >= 11 is 0. The van der Waals surface area contributed by atoms with Crippen LogP contribution in [-0.2, 0) is 9.53 Å². The average molecular weight is 302 g/mol. The normalized spacial score (nSPS) is 29.8. The number of hydrogen-bond acceptors (Lipinski definition) is 5. The largest absolute Gasteiger partial charge is 0.395 e. The number of ether oxygens (including phenoxy) is 1. The van der Waals surface area contributed by atoms with E-state index >= 15 is 0 Å². The van der Waals surface area contributed by atoms with E-state index in [0.717, 1.165) is 25.8 Å². The van der Waals surface area contributed by atoms with Crippen molar-refractivity contribution in [1.82, 2.24) is 10.2 Å². The van der Waals surface area contributed by atoms with Crippen LogP contribution < -0.4 is 5.32 Å². The molecule has 0 radical (unpaired) electrons. The van der Waals surface area contributed by atoms with Crippen LogP contribution >= 0.6 is 0 Å². The minimum Gasteiger partial charge on any atom is -0.395 e. The highest BCUT2D eigenvalue weighted by atomic mass is 16.5. The third-order valence-electron chi connectivity index (χ3n) is 4.36. The Labute approximate surface area is 127 Å². The van der Waals surface area contributed by atoms with Gasteiger partial charge in [0.05, 0.1) is 18.8 Å². The molecule has 6 nitrogen and oxygen atoms in total. The first-order chi connectivity index (χ1) is 10.1. The molecule has 0 unspecified atom stereocenters. The van der Waals surface area contributed by atoms with Gasteiger partial charge in [-0.2, -0.15) is 0 Å². The predicted octanol–water partition coefficient (Wildman–Crippen LogP) is 0.124. The molecule has 21 heavy (non-hydrogen) atoms.